The van der Waals surface area contributed by atoms with Gasteiger partial charge >= 0.3 is 5.63 Å². The average Bonchev–Trinajstić information content (AvgIpc) is 2.19. The van der Waals surface area contributed by atoms with Gasteiger partial charge in [-0.05, 0) is 30.5 Å². The highest BCUT2D eigenvalue weighted by molar-refractivity contribution is 5.81. The first-order valence-electron chi connectivity index (χ1n) is 5.02. The lowest BCUT2D eigenvalue weighted by atomic mass is 10.1. The Morgan fingerprint density at radius 3 is 2.73 bits per heavy atom. The molecule has 0 saturated heterocycles. The van der Waals surface area contributed by atoms with Crippen molar-refractivity contribution in [2.75, 3.05) is 0 Å². The fourth-order valence-corrected chi connectivity index (χ4v) is 1.73. The third-order valence-electron chi connectivity index (χ3n) is 2.50. The van der Waals surface area contributed by atoms with E-state index in [2.05, 4.69) is 18.0 Å². The van der Waals surface area contributed by atoms with Crippen LogP contribution in [0, 0.1) is 13.8 Å². The topological polar surface area (TPSA) is 43.1 Å². The largest absolute Gasteiger partial charge is 0.408 e. The van der Waals surface area contributed by atoms with E-state index >= 15 is 0 Å². The summed E-state index contributed by atoms with van der Waals surface area (Å²) in [5, 5.41) is 0.581. The van der Waals surface area contributed by atoms with E-state index in [1.165, 1.54) is 0 Å². The maximum atomic E-state index is 11.6. The molecule has 0 spiro atoms. The van der Waals surface area contributed by atoms with Gasteiger partial charge in [0.25, 0.3) is 0 Å². The summed E-state index contributed by atoms with van der Waals surface area (Å²) in [5.41, 5.74) is 2.62. The number of aromatic nitrogens is 1. The molecule has 3 nitrogen and oxygen atoms in total. The molecule has 0 bridgehead atoms. The molecule has 3 heteroatoms. The van der Waals surface area contributed by atoms with Crippen molar-refractivity contribution in [3.8, 4) is 0 Å². The van der Waals surface area contributed by atoms with Gasteiger partial charge in [0, 0.05) is 6.92 Å². The van der Waals surface area contributed by atoms with Gasteiger partial charge in [0.2, 0.25) is 0 Å². The third kappa shape index (κ3) is 1.65. The van der Waals surface area contributed by atoms with Crippen LogP contribution in [0.4, 0.5) is 0 Å². The van der Waals surface area contributed by atoms with E-state index in [4.69, 9.17) is 4.42 Å². The molecule has 0 fully saturated rings. The second kappa shape index (κ2) is 3.50. The van der Waals surface area contributed by atoms with Crippen molar-refractivity contribution in [1.29, 1.82) is 0 Å². The zero-order valence-electron chi connectivity index (χ0n) is 9.13. The van der Waals surface area contributed by atoms with Crippen LogP contribution < -0.4 is 5.63 Å². The predicted octanol–water partition coefficient (Wildman–Crippen LogP) is 2.37. The Bertz CT molecular complexity index is 570. The summed E-state index contributed by atoms with van der Waals surface area (Å²) in [5.74, 6) is 0.417. The maximum absolute atomic E-state index is 11.6. The van der Waals surface area contributed by atoms with Crippen molar-refractivity contribution in [3.63, 3.8) is 0 Å². The van der Waals surface area contributed by atoms with E-state index in [-0.39, 0.29) is 5.63 Å². The zero-order chi connectivity index (χ0) is 11.0. The molecule has 0 radical (unpaired) electrons. The third-order valence-corrected chi connectivity index (χ3v) is 2.50. The first kappa shape index (κ1) is 9.90. The molecule has 2 aromatic rings. The molecule has 15 heavy (non-hydrogen) atoms. The molecule has 0 aliphatic carbocycles. The lowest BCUT2D eigenvalue weighted by Crippen LogP contribution is -2.04. The minimum absolute atomic E-state index is 0.295. The second-order valence-corrected chi connectivity index (χ2v) is 3.68. The van der Waals surface area contributed by atoms with Gasteiger partial charge in [-0.3, -0.25) is 0 Å². The van der Waals surface area contributed by atoms with Crippen molar-refractivity contribution in [3.05, 3.63) is 39.6 Å². The Hall–Kier alpha value is -1.64. The fraction of sp³-hybridized carbons (Fsp3) is 0.333. The second-order valence-electron chi connectivity index (χ2n) is 3.68. The molecule has 1 aromatic heterocycles. The van der Waals surface area contributed by atoms with Gasteiger partial charge in [-0.2, -0.15) is 0 Å². The number of fused-ring (bicyclic) bond motifs is 1. The molecule has 78 valence electrons. The Kier molecular flexibility index (Phi) is 2.31. The minimum Gasteiger partial charge on any atom is -0.408 e. The summed E-state index contributed by atoms with van der Waals surface area (Å²) in [6.07, 6.45) is 0.907. The van der Waals surface area contributed by atoms with Gasteiger partial charge in [-0.25, -0.2) is 9.78 Å². The van der Waals surface area contributed by atoms with Gasteiger partial charge in [0.15, 0.2) is 5.89 Å². The Balaban J connectivity index is 2.91. The number of rotatable bonds is 1. The number of hydrogen-bond donors (Lipinski definition) is 0. The molecule has 0 aliphatic heterocycles. The molecule has 0 amide bonds. The first-order valence-corrected chi connectivity index (χ1v) is 5.02. The number of aryl methyl sites for hydroxylation is 3. The highest BCUT2D eigenvalue weighted by Crippen LogP contribution is 2.16. The summed E-state index contributed by atoms with van der Waals surface area (Å²) in [4.78, 5) is 15.9. The monoisotopic (exact) mass is 203 g/mol. The molecule has 0 atom stereocenters. The Morgan fingerprint density at radius 1 is 1.33 bits per heavy atom. The van der Waals surface area contributed by atoms with Crippen molar-refractivity contribution in [1.82, 2.24) is 4.98 Å². The smallest absolute Gasteiger partial charge is 0.346 e. The normalized spacial score (nSPS) is 10.9. The molecule has 1 heterocycles. The first-order chi connectivity index (χ1) is 7.11. The molecule has 0 saturated carbocycles. The van der Waals surface area contributed by atoms with Gasteiger partial charge in [0.1, 0.15) is 0 Å². The molecule has 2 rings (SSSR count). The lowest BCUT2D eigenvalue weighted by molar-refractivity contribution is 0.467. The van der Waals surface area contributed by atoms with E-state index in [9.17, 15) is 4.79 Å². The summed E-state index contributed by atoms with van der Waals surface area (Å²) in [7, 11) is 0. The van der Waals surface area contributed by atoms with Crippen molar-refractivity contribution in [2.24, 2.45) is 0 Å². The van der Waals surface area contributed by atoms with E-state index in [0.717, 1.165) is 23.1 Å². The number of nitrogens with zero attached hydrogens (tertiary/aromatic N) is 1. The maximum Gasteiger partial charge on any atom is 0.346 e. The summed E-state index contributed by atoms with van der Waals surface area (Å²) in [6, 6.07) is 3.93. The number of benzene rings is 1. The van der Waals surface area contributed by atoms with E-state index < -0.39 is 0 Å². The van der Waals surface area contributed by atoms with Crippen molar-refractivity contribution < 1.29 is 4.42 Å². The molecule has 0 aliphatic rings. The van der Waals surface area contributed by atoms with E-state index in [0.29, 0.717) is 11.3 Å². The highest BCUT2D eigenvalue weighted by atomic mass is 16.4. The quantitative estimate of drug-likeness (QED) is 0.714. The summed E-state index contributed by atoms with van der Waals surface area (Å²) >= 11 is 0. The van der Waals surface area contributed by atoms with Crippen LogP contribution in [-0.2, 0) is 6.42 Å². The van der Waals surface area contributed by atoms with E-state index in [1.807, 2.05) is 13.0 Å². The van der Waals surface area contributed by atoms with Crippen LogP contribution in [0.3, 0.4) is 0 Å². The number of hydrogen-bond acceptors (Lipinski definition) is 3. The van der Waals surface area contributed by atoms with E-state index in [1.54, 1.807) is 6.92 Å². The van der Waals surface area contributed by atoms with Crippen molar-refractivity contribution >= 4 is 10.9 Å². The molecule has 1 aromatic carbocycles. The SMILES string of the molecule is CCc1cc(C)c2nc(C)oc(=O)c2c1. The van der Waals surface area contributed by atoms with Crippen LogP contribution >= 0.6 is 0 Å². The Morgan fingerprint density at radius 2 is 2.07 bits per heavy atom. The van der Waals surface area contributed by atoms with Crippen LogP contribution in [0.2, 0.25) is 0 Å². The molecular formula is C12H13NO2. The van der Waals surface area contributed by atoms with Gasteiger partial charge in [-0.15, -0.1) is 0 Å². The molecular weight excluding hydrogens is 190 g/mol. The van der Waals surface area contributed by atoms with Crippen LogP contribution in [-0.4, -0.2) is 4.98 Å². The molecule has 0 N–H and O–H groups in total. The zero-order valence-corrected chi connectivity index (χ0v) is 9.13. The fourth-order valence-electron chi connectivity index (χ4n) is 1.73. The summed E-state index contributed by atoms with van der Waals surface area (Å²) < 4.78 is 4.98. The van der Waals surface area contributed by atoms with Gasteiger partial charge in [0.05, 0.1) is 10.9 Å². The standard InChI is InChI=1S/C12H13NO2/c1-4-9-5-7(2)11-10(6-9)12(14)15-8(3)13-11/h5-6H,4H2,1-3H3. The van der Waals surface area contributed by atoms with Crippen LogP contribution in [0.15, 0.2) is 21.3 Å². The van der Waals surface area contributed by atoms with Crippen LogP contribution in [0.1, 0.15) is 23.9 Å². The highest BCUT2D eigenvalue weighted by Gasteiger charge is 2.07. The molecule has 0 unspecified atom stereocenters. The van der Waals surface area contributed by atoms with Gasteiger partial charge < -0.3 is 4.42 Å². The lowest BCUT2D eigenvalue weighted by Gasteiger charge is -2.04. The predicted molar refractivity (Wildman–Crippen MR) is 59.1 cm³/mol. The van der Waals surface area contributed by atoms with Crippen LogP contribution in [0.25, 0.3) is 10.9 Å². The summed E-state index contributed by atoms with van der Waals surface area (Å²) in [6.45, 7) is 5.71. The van der Waals surface area contributed by atoms with Crippen LogP contribution in [0.5, 0.6) is 0 Å². The average molecular weight is 203 g/mol. The Labute approximate surface area is 87.8 Å². The van der Waals surface area contributed by atoms with Gasteiger partial charge in [-0.1, -0.05) is 13.0 Å². The minimum atomic E-state index is -0.295. The van der Waals surface area contributed by atoms with Crippen molar-refractivity contribution in [2.45, 2.75) is 27.2 Å².